The molecule has 0 amide bonds. The van der Waals surface area contributed by atoms with E-state index in [1.165, 1.54) is 50.5 Å². The zero-order chi connectivity index (χ0) is 14.9. The third kappa shape index (κ3) is 6.09. The van der Waals surface area contributed by atoms with Gasteiger partial charge in [-0.25, -0.2) is 0 Å². The number of benzene rings is 1. The Bertz CT molecular complexity index is 381. The molecule has 0 aliphatic heterocycles. The molecule has 21 heavy (non-hydrogen) atoms. The number of nitrogens with one attached hydrogen (secondary N) is 1. The normalized spacial score (nSPS) is 17.6. The van der Waals surface area contributed by atoms with Crippen LogP contribution in [0.3, 0.4) is 0 Å². The van der Waals surface area contributed by atoms with Crippen molar-refractivity contribution in [2.75, 3.05) is 6.54 Å². The summed E-state index contributed by atoms with van der Waals surface area (Å²) in [7, 11) is 0. The Labute approximate surface area is 130 Å². The van der Waals surface area contributed by atoms with Gasteiger partial charge in [0.1, 0.15) is 5.75 Å². The van der Waals surface area contributed by atoms with Crippen molar-refractivity contribution in [1.29, 1.82) is 0 Å². The zero-order valence-corrected chi connectivity index (χ0v) is 13.7. The maximum absolute atomic E-state index is 6.08. The zero-order valence-electron chi connectivity index (χ0n) is 13.7. The summed E-state index contributed by atoms with van der Waals surface area (Å²) in [5, 5.41) is 3.54. The Kier molecular flexibility index (Phi) is 7.08. The molecule has 1 aliphatic rings. The first-order chi connectivity index (χ1) is 10.3. The first-order valence-corrected chi connectivity index (χ1v) is 8.77. The van der Waals surface area contributed by atoms with Gasteiger partial charge in [-0.3, -0.25) is 0 Å². The quantitative estimate of drug-likeness (QED) is 0.747. The van der Waals surface area contributed by atoms with Crippen LogP contribution < -0.4 is 10.1 Å². The van der Waals surface area contributed by atoms with Crippen LogP contribution in [-0.2, 0) is 6.42 Å². The van der Waals surface area contributed by atoms with Crippen molar-refractivity contribution in [2.24, 2.45) is 0 Å². The summed E-state index contributed by atoms with van der Waals surface area (Å²) in [6.45, 7) is 5.61. The minimum atomic E-state index is 0.447. The Morgan fingerprint density at radius 3 is 2.52 bits per heavy atom. The molecule has 1 fully saturated rings. The smallest absolute Gasteiger partial charge is 0.119 e. The summed E-state index contributed by atoms with van der Waals surface area (Å²) >= 11 is 0. The minimum Gasteiger partial charge on any atom is -0.490 e. The van der Waals surface area contributed by atoms with Crippen molar-refractivity contribution in [1.82, 2.24) is 5.32 Å². The fraction of sp³-hybridized carbons (Fsp3) is 0.684. The monoisotopic (exact) mass is 289 g/mol. The van der Waals surface area contributed by atoms with E-state index in [4.69, 9.17) is 4.74 Å². The summed E-state index contributed by atoms with van der Waals surface area (Å²) in [5.41, 5.74) is 1.41. The van der Waals surface area contributed by atoms with Crippen LogP contribution >= 0.6 is 0 Å². The lowest BCUT2D eigenvalue weighted by Gasteiger charge is -2.23. The van der Waals surface area contributed by atoms with Gasteiger partial charge in [0, 0.05) is 6.04 Å². The molecule has 0 aromatic heterocycles. The lowest BCUT2D eigenvalue weighted by Crippen LogP contribution is -2.27. The fourth-order valence-electron chi connectivity index (χ4n) is 2.99. The molecule has 1 aliphatic carbocycles. The molecule has 2 nitrogen and oxygen atoms in total. The highest BCUT2D eigenvalue weighted by molar-refractivity contribution is 5.27. The SMILES string of the molecule is CCCNC(C)CCc1ccc(OC2CCCCC2)cc1. The van der Waals surface area contributed by atoms with E-state index in [0.717, 1.165) is 18.7 Å². The lowest BCUT2D eigenvalue weighted by molar-refractivity contribution is 0.155. The Hall–Kier alpha value is -1.02. The molecule has 0 bridgehead atoms. The molecule has 0 saturated heterocycles. The average Bonchev–Trinajstić information content (AvgIpc) is 2.53. The summed E-state index contributed by atoms with van der Waals surface area (Å²) in [6, 6.07) is 9.35. The van der Waals surface area contributed by atoms with Crippen molar-refractivity contribution in [3.63, 3.8) is 0 Å². The van der Waals surface area contributed by atoms with Crippen LogP contribution in [0.1, 0.15) is 64.4 Å². The van der Waals surface area contributed by atoms with Gasteiger partial charge >= 0.3 is 0 Å². The molecular weight excluding hydrogens is 258 g/mol. The van der Waals surface area contributed by atoms with Gasteiger partial charge in [-0.05, 0) is 76.1 Å². The van der Waals surface area contributed by atoms with Gasteiger partial charge in [-0.1, -0.05) is 25.5 Å². The molecule has 0 heterocycles. The van der Waals surface area contributed by atoms with Crippen LogP contribution in [0.15, 0.2) is 24.3 Å². The highest BCUT2D eigenvalue weighted by atomic mass is 16.5. The Balaban J connectivity index is 1.73. The van der Waals surface area contributed by atoms with Gasteiger partial charge in [-0.2, -0.15) is 0 Å². The first kappa shape index (κ1) is 16.4. The largest absolute Gasteiger partial charge is 0.490 e. The second kappa shape index (κ2) is 9.09. The maximum atomic E-state index is 6.08. The molecule has 118 valence electrons. The van der Waals surface area contributed by atoms with Crippen LogP contribution in [0.2, 0.25) is 0 Å². The predicted octanol–water partition coefficient (Wildman–Crippen LogP) is 4.72. The number of ether oxygens (including phenoxy) is 1. The van der Waals surface area contributed by atoms with Gasteiger partial charge in [0.25, 0.3) is 0 Å². The molecule has 2 heteroatoms. The molecule has 2 rings (SSSR count). The molecule has 0 radical (unpaired) electrons. The van der Waals surface area contributed by atoms with E-state index in [1.54, 1.807) is 0 Å². The highest BCUT2D eigenvalue weighted by Gasteiger charge is 2.14. The minimum absolute atomic E-state index is 0.447. The van der Waals surface area contributed by atoms with E-state index in [2.05, 4.69) is 43.4 Å². The molecule has 0 spiro atoms. The van der Waals surface area contributed by atoms with E-state index < -0.39 is 0 Å². The maximum Gasteiger partial charge on any atom is 0.119 e. The molecule has 1 saturated carbocycles. The van der Waals surface area contributed by atoms with E-state index in [-0.39, 0.29) is 0 Å². The number of hydrogen-bond acceptors (Lipinski definition) is 2. The van der Waals surface area contributed by atoms with Crippen molar-refractivity contribution < 1.29 is 4.74 Å². The number of rotatable bonds is 8. The lowest BCUT2D eigenvalue weighted by atomic mass is 9.98. The van der Waals surface area contributed by atoms with Gasteiger partial charge in [-0.15, -0.1) is 0 Å². The van der Waals surface area contributed by atoms with Crippen molar-refractivity contribution in [3.05, 3.63) is 29.8 Å². The number of aryl methyl sites for hydroxylation is 1. The third-order valence-corrected chi connectivity index (χ3v) is 4.39. The van der Waals surface area contributed by atoms with Gasteiger partial charge in [0.2, 0.25) is 0 Å². The van der Waals surface area contributed by atoms with Crippen LogP contribution in [0.5, 0.6) is 5.75 Å². The predicted molar refractivity (Wildman–Crippen MR) is 90.0 cm³/mol. The molecule has 1 unspecified atom stereocenters. The van der Waals surface area contributed by atoms with Gasteiger partial charge < -0.3 is 10.1 Å². The van der Waals surface area contributed by atoms with Crippen LogP contribution in [0, 0.1) is 0 Å². The second-order valence-electron chi connectivity index (χ2n) is 6.42. The summed E-state index contributed by atoms with van der Waals surface area (Å²) in [6.07, 6.45) is 10.5. The van der Waals surface area contributed by atoms with Crippen molar-refractivity contribution >= 4 is 0 Å². The third-order valence-electron chi connectivity index (χ3n) is 4.39. The second-order valence-corrected chi connectivity index (χ2v) is 6.42. The van der Waals surface area contributed by atoms with Crippen LogP contribution in [-0.4, -0.2) is 18.7 Å². The van der Waals surface area contributed by atoms with E-state index in [0.29, 0.717) is 12.1 Å². The van der Waals surface area contributed by atoms with Crippen LogP contribution in [0.25, 0.3) is 0 Å². The number of hydrogen-bond donors (Lipinski definition) is 1. The van der Waals surface area contributed by atoms with Crippen molar-refractivity contribution in [3.8, 4) is 5.75 Å². The Morgan fingerprint density at radius 1 is 1.14 bits per heavy atom. The van der Waals surface area contributed by atoms with Gasteiger partial charge in [0.15, 0.2) is 0 Å². The molecule has 1 N–H and O–H groups in total. The van der Waals surface area contributed by atoms with Gasteiger partial charge in [0.05, 0.1) is 6.10 Å². The molecule has 1 aromatic carbocycles. The summed E-state index contributed by atoms with van der Waals surface area (Å²) in [4.78, 5) is 0. The fourth-order valence-corrected chi connectivity index (χ4v) is 2.99. The Morgan fingerprint density at radius 2 is 1.86 bits per heavy atom. The van der Waals surface area contributed by atoms with E-state index >= 15 is 0 Å². The topological polar surface area (TPSA) is 21.3 Å². The van der Waals surface area contributed by atoms with Crippen LogP contribution in [0.4, 0.5) is 0 Å². The molecular formula is C19H31NO. The van der Waals surface area contributed by atoms with E-state index in [9.17, 15) is 0 Å². The average molecular weight is 289 g/mol. The molecule has 1 atom stereocenters. The van der Waals surface area contributed by atoms with Crippen molar-refractivity contribution in [2.45, 2.75) is 77.4 Å². The summed E-state index contributed by atoms with van der Waals surface area (Å²) < 4.78 is 6.08. The summed E-state index contributed by atoms with van der Waals surface area (Å²) in [5.74, 6) is 1.04. The first-order valence-electron chi connectivity index (χ1n) is 8.77. The van der Waals surface area contributed by atoms with E-state index in [1.807, 2.05) is 0 Å². The highest BCUT2D eigenvalue weighted by Crippen LogP contribution is 2.23. The molecule has 1 aromatic rings. The standard InChI is InChI=1S/C19H31NO/c1-3-15-20-16(2)9-10-17-11-13-19(14-12-17)21-18-7-5-4-6-8-18/h11-14,16,18,20H,3-10,15H2,1-2H3.